The molecule has 0 aliphatic carbocycles. The lowest BCUT2D eigenvalue weighted by Gasteiger charge is -2.41. The first-order chi connectivity index (χ1) is 44.0. The molecule has 1 rings (SSSR count). The quantitative estimate of drug-likeness (QED) is 0.0692. The fourth-order valence-corrected chi connectivity index (χ4v) is 12.9. The van der Waals surface area contributed by atoms with Gasteiger partial charge in [-0.15, -0.1) is 0 Å². The van der Waals surface area contributed by atoms with Crippen LogP contribution in [0.1, 0.15) is 169 Å². The Labute approximate surface area is 573 Å². The van der Waals surface area contributed by atoms with Gasteiger partial charge < -0.3 is 70.1 Å². The smallest absolute Gasteiger partial charge is 0.246 e. The zero-order chi connectivity index (χ0) is 73.4. The SMILES string of the molecule is C/C=C/C[C@@H](C)[C@@H](O)[C@H]1C(=O)N[C@@H](CC)C(=O)N(C)[C@H](CSCCCCOC)C(=O)N(C)[C@@H](CC(C)(C)OC)C(=O)N[C@@H](C(C)C)C(=O)N(C)[C@@H](CC(C)C)C(=O)N[C@@H](C)C(=O)N[C@H](C)C(=O)N(C)[C@@H](CC(C)C)C(=O)N(C)[C@@H](CC(C)C)C(=O)N(C)[C@@H](C(C)C)C(=O)N1C. The van der Waals surface area contributed by atoms with Gasteiger partial charge in [0, 0.05) is 82.3 Å². The van der Waals surface area contributed by atoms with E-state index >= 15 is 33.6 Å². The third-order valence-corrected chi connectivity index (χ3v) is 19.2. The topological polar surface area (TPSA) is 297 Å². The third-order valence-electron chi connectivity index (χ3n) is 18.1. The van der Waals surface area contributed by atoms with Crippen LogP contribution in [0.15, 0.2) is 12.2 Å². The summed E-state index contributed by atoms with van der Waals surface area (Å²) in [5.74, 6) is -9.35. The largest absolute Gasteiger partial charge is 0.390 e. The minimum Gasteiger partial charge on any atom is -0.390 e. The van der Waals surface area contributed by atoms with E-state index in [4.69, 9.17) is 9.47 Å². The highest BCUT2D eigenvalue weighted by molar-refractivity contribution is 7.99. The highest BCUT2D eigenvalue weighted by Gasteiger charge is 2.47. The summed E-state index contributed by atoms with van der Waals surface area (Å²) < 4.78 is 11.1. The molecule has 0 spiro atoms. The lowest BCUT2D eigenvalue weighted by Crippen LogP contribution is -2.64. The van der Waals surface area contributed by atoms with Gasteiger partial charge in [0.1, 0.15) is 66.5 Å². The molecule has 26 heteroatoms. The number of carbonyl (C=O) groups is 11. The van der Waals surface area contributed by atoms with Crippen LogP contribution in [0, 0.1) is 35.5 Å². The standard InChI is InChI=1S/C69H125N11O14S/c1-27-29-32-45(13)57(81)56-61(85)72-48(28-2)63(87)78(22)53(39-95-34-31-30-33-93-25)66(90)77(21)52(38-69(16,17)94-26)60(84)73-54(43(9)10)67(91)74(18)49(35-40(3)4)59(83)70-46(14)58(82)71-47(15)62(86)75(19)50(36-41(5)6)64(88)76(20)51(37-42(7)8)65(89)79(23)55(44(11)12)68(92)80(56)24/h27,29,40-57,81H,28,30-39H2,1-26H3,(H,70,83)(H,71,82)(H,72,85)(H,73,84)/b29-27+/t45-,46+,47-,48+,49+,50+,51+,52+,53-,54+,55+,56+,57-/m1/s1. The van der Waals surface area contributed by atoms with Crippen LogP contribution in [0.5, 0.6) is 0 Å². The summed E-state index contributed by atoms with van der Waals surface area (Å²) in [6, 6.07) is -14.1. The number of rotatable bonds is 23. The molecule has 11 amide bonds. The van der Waals surface area contributed by atoms with Crippen LogP contribution in [0.25, 0.3) is 0 Å². The van der Waals surface area contributed by atoms with Gasteiger partial charge in [0.25, 0.3) is 0 Å². The van der Waals surface area contributed by atoms with Crippen molar-refractivity contribution in [2.45, 2.75) is 247 Å². The van der Waals surface area contributed by atoms with E-state index in [0.717, 1.165) is 11.3 Å². The molecule has 0 unspecified atom stereocenters. The Morgan fingerprint density at radius 2 is 0.968 bits per heavy atom. The van der Waals surface area contributed by atoms with E-state index in [-0.39, 0.29) is 55.6 Å². The molecule has 0 saturated carbocycles. The minimum absolute atomic E-state index is 0.0133. The molecule has 0 radical (unpaired) electrons. The molecule has 5 N–H and O–H groups in total. The van der Waals surface area contributed by atoms with Gasteiger partial charge >= 0.3 is 0 Å². The van der Waals surface area contributed by atoms with Gasteiger partial charge in [-0.25, -0.2) is 0 Å². The number of amides is 11. The molecule has 1 aliphatic rings. The third kappa shape index (κ3) is 25.5. The maximum absolute atomic E-state index is 15.4. The number of carbonyl (C=O) groups excluding carboxylic acids is 11. The number of hydrogen-bond acceptors (Lipinski definition) is 15. The Morgan fingerprint density at radius 1 is 0.516 bits per heavy atom. The number of hydrogen-bond donors (Lipinski definition) is 5. The van der Waals surface area contributed by atoms with E-state index in [1.54, 1.807) is 75.5 Å². The molecular formula is C69H125N11O14S. The fourth-order valence-electron chi connectivity index (χ4n) is 11.7. The van der Waals surface area contributed by atoms with Crippen molar-refractivity contribution in [2.75, 3.05) is 81.7 Å². The predicted octanol–water partition coefficient (Wildman–Crippen LogP) is 4.57. The van der Waals surface area contributed by atoms with E-state index in [1.165, 1.54) is 111 Å². The van der Waals surface area contributed by atoms with Crippen LogP contribution in [0.4, 0.5) is 0 Å². The molecule has 0 aromatic carbocycles. The molecular weight excluding hydrogens is 1240 g/mol. The number of aliphatic hydroxyl groups is 1. The first kappa shape index (κ1) is 87.2. The molecule has 1 heterocycles. The Hall–Kier alpha value is -5.86. The number of aliphatic hydroxyl groups excluding tert-OH is 1. The molecule has 0 aromatic heterocycles. The first-order valence-electron chi connectivity index (χ1n) is 34.0. The highest BCUT2D eigenvalue weighted by atomic mass is 32.2. The molecule has 1 saturated heterocycles. The number of allylic oxidation sites excluding steroid dienone is 2. The van der Waals surface area contributed by atoms with E-state index in [2.05, 4.69) is 21.3 Å². The maximum Gasteiger partial charge on any atom is 0.246 e. The second-order valence-corrected chi connectivity index (χ2v) is 29.8. The molecule has 13 atom stereocenters. The summed E-state index contributed by atoms with van der Waals surface area (Å²) in [6.07, 6.45) is 4.09. The second kappa shape index (κ2) is 40.8. The predicted molar refractivity (Wildman–Crippen MR) is 372 cm³/mol. The van der Waals surface area contributed by atoms with Gasteiger partial charge in [0.05, 0.1) is 11.7 Å². The fraction of sp³-hybridized carbons (Fsp3) is 0.812. The van der Waals surface area contributed by atoms with Gasteiger partial charge in [-0.3, -0.25) is 52.7 Å². The van der Waals surface area contributed by atoms with Crippen molar-refractivity contribution < 1.29 is 67.3 Å². The molecule has 25 nitrogen and oxygen atoms in total. The zero-order valence-electron chi connectivity index (χ0n) is 62.6. The van der Waals surface area contributed by atoms with Crippen LogP contribution in [-0.2, 0) is 62.2 Å². The van der Waals surface area contributed by atoms with Crippen molar-refractivity contribution in [3.8, 4) is 0 Å². The summed E-state index contributed by atoms with van der Waals surface area (Å²) in [5.41, 5.74) is -1.04. The van der Waals surface area contributed by atoms with Crippen molar-refractivity contribution >= 4 is 76.7 Å². The molecule has 546 valence electrons. The highest BCUT2D eigenvalue weighted by Crippen LogP contribution is 2.27. The first-order valence-corrected chi connectivity index (χ1v) is 35.2. The summed E-state index contributed by atoms with van der Waals surface area (Å²) in [5, 5.41) is 23.5. The van der Waals surface area contributed by atoms with Gasteiger partial charge in [0.15, 0.2) is 0 Å². The second-order valence-electron chi connectivity index (χ2n) is 28.6. The van der Waals surface area contributed by atoms with Crippen LogP contribution >= 0.6 is 11.8 Å². The van der Waals surface area contributed by atoms with Gasteiger partial charge in [-0.2, -0.15) is 11.8 Å². The van der Waals surface area contributed by atoms with E-state index in [9.17, 15) is 24.3 Å². The number of ether oxygens (including phenoxy) is 2. The summed E-state index contributed by atoms with van der Waals surface area (Å²) in [7, 11) is 13.1. The Kier molecular flexibility index (Phi) is 37.4. The number of nitrogens with zero attached hydrogens (tertiary/aromatic N) is 7. The Balaban J connectivity index is 4.59. The van der Waals surface area contributed by atoms with E-state index in [1.807, 2.05) is 47.6 Å². The van der Waals surface area contributed by atoms with Crippen molar-refractivity contribution in [3.05, 3.63) is 12.2 Å². The number of methoxy groups -OCH3 is 2. The molecule has 0 bridgehead atoms. The van der Waals surface area contributed by atoms with Gasteiger partial charge in [0.2, 0.25) is 65.0 Å². The average molecular weight is 1360 g/mol. The van der Waals surface area contributed by atoms with Crippen molar-refractivity contribution in [1.29, 1.82) is 0 Å². The van der Waals surface area contributed by atoms with Crippen LogP contribution in [-0.4, -0.2) is 264 Å². The number of nitrogens with one attached hydrogen (secondary N) is 4. The summed E-state index contributed by atoms with van der Waals surface area (Å²) in [6.45, 7) is 30.1. The molecule has 1 aliphatic heterocycles. The van der Waals surface area contributed by atoms with Crippen LogP contribution in [0.2, 0.25) is 0 Å². The number of unbranched alkanes of at least 4 members (excludes halogenated alkanes) is 1. The normalized spacial score (nSPS) is 26.3. The van der Waals surface area contributed by atoms with Crippen LogP contribution < -0.4 is 21.3 Å². The molecule has 95 heavy (non-hydrogen) atoms. The Morgan fingerprint density at radius 3 is 1.45 bits per heavy atom. The lowest BCUT2D eigenvalue weighted by atomic mass is 9.91. The minimum atomic E-state index is -1.65. The van der Waals surface area contributed by atoms with Gasteiger partial charge in [-0.1, -0.05) is 95.2 Å². The van der Waals surface area contributed by atoms with Crippen LogP contribution in [0.3, 0.4) is 0 Å². The zero-order valence-corrected chi connectivity index (χ0v) is 63.4. The monoisotopic (exact) mass is 1360 g/mol. The summed E-state index contributed by atoms with van der Waals surface area (Å²) >= 11 is 1.40. The summed E-state index contributed by atoms with van der Waals surface area (Å²) in [4.78, 5) is 173. The number of thioether (sulfide) groups is 1. The molecule has 0 aromatic rings. The van der Waals surface area contributed by atoms with E-state index in [0.29, 0.717) is 25.2 Å². The molecule has 1 fully saturated rings. The van der Waals surface area contributed by atoms with Gasteiger partial charge in [-0.05, 0) is 121 Å². The average Bonchev–Trinajstić information content (AvgIpc) is 0.816. The maximum atomic E-state index is 15.4. The lowest BCUT2D eigenvalue weighted by molar-refractivity contribution is -0.157. The van der Waals surface area contributed by atoms with E-state index < -0.39 is 161 Å². The number of likely N-dealkylation sites (N-methyl/N-ethyl adjacent to an activating group) is 7. The van der Waals surface area contributed by atoms with Crippen molar-refractivity contribution in [3.63, 3.8) is 0 Å². The van der Waals surface area contributed by atoms with Crippen molar-refractivity contribution in [2.24, 2.45) is 35.5 Å². The van der Waals surface area contributed by atoms with Crippen molar-refractivity contribution in [1.82, 2.24) is 55.6 Å². The Bertz CT molecular complexity index is 2570.